The van der Waals surface area contributed by atoms with Crippen molar-refractivity contribution in [2.24, 2.45) is 11.7 Å². The van der Waals surface area contributed by atoms with Crippen LogP contribution in [0.4, 0.5) is 5.69 Å². The van der Waals surface area contributed by atoms with Crippen molar-refractivity contribution in [3.63, 3.8) is 0 Å². The highest BCUT2D eigenvalue weighted by Crippen LogP contribution is 2.24. The maximum Gasteiger partial charge on any atom is 0.0470 e. The molecule has 0 aliphatic heterocycles. The number of rotatable bonds is 9. The van der Waals surface area contributed by atoms with Crippen LogP contribution < -0.4 is 10.6 Å². The summed E-state index contributed by atoms with van der Waals surface area (Å²) in [5.74, 6) is 0.764. The number of hydrogen-bond acceptors (Lipinski definition) is 3. The highest BCUT2D eigenvalue weighted by atomic mass is 15.2. The van der Waals surface area contributed by atoms with Gasteiger partial charge in [0.05, 0.1) is 0 Å². The summed E-state index contributed by atoms with van der Waals surface area (Å²) in [6.45, 7) is 9.67. The van der Waals surface area contributed by atoms with Gasteiger partial charge >= 0.3 is 0 Å². The Hall–Kier alpha value is -1.06. The zero-order valence-corrected chi connectivity index (χ0v) is 14.5. The van der Waals surface area contributed by atoms with Crippen molar-refractivity contribution in [2.75, 3.05) is 38.6 Å². The molecule has 0 aromatic heterocycles. The zero-order chi connectivity index (χ0) is 15.8. The molecule has 1 rings (SSSR count). The molecule has 0 saturated heterocycles. The van der Waals surface area contributed by atoms with Gasteiger partial charge in [-0.25, -0.2) is 0 Å². The second-order valence-electron chi connectivity index (χ2n) is 6.01. The first-order chi connectivity index (χ1) is 10.1. The van der Waals surface area contributed by atoms with E-state index in [0.717, 1.165) is 19.0 Å². The van der Waals surface area contributed by atoms with Crippen LogP contribution in [0.5, 0.6) is 0 Å². The van der Waals surface area contributed by atoms with Gasteiger partial charge in [-0.1, -0.05) is 45.7 Å². The van der Waals surface area contributed by atoms with Crippen LogP contribution in [0.2, 0.25) is 0 Å². The van der Waals surface area contributed by atoms with Gasteiger partial charge < -0.3 is 10.6 Å². The molecule has 120 valence electrons. The predicted octanol–water partition coefficient (Wildman–Crippen LogP) is 3.51. The lowest BCUT2D eigenvalue weighted by Gasteiger charge is -2.33. The third kappa shape index (κ3) is 5.01. The fourth-order valence-corrected chi connectivity index (χ4v) is 2.85. The van der Waals surface area contributed by atoms with Crippen molar-refractivity contribution in [3.05, 3.63) is 29.8 Å². The van der Waals surface area contributed by atoms with E-state index in [1.165, 1.54) is 24.1 Å². The van der Waals surface area contributed by atoms with Gasteiger partial charge in [-0.2, -0.15) is 0 Å². The number of benzene rings is 1. The van der Waals surface area contributed by atoms with E-state index in [4.69, 9.17) is 5.73 Å². The molecule has 0 heterocycles. The lowest BCUT2D eigenvalue weighted by atomic mass is 9.99. The molecule has 0 aliphatic carbocycles. The van der Waals surface area contributed by atoms with E-state index >= 15 is 0 Å². The van der Waals surface area contributed by atoms with E-state index in [2.05, 4.69) is 68.9 Å². The molecule has 3 heteroatoms. The number of nitrogens with two attached hydrogens (primary N) is 1. The number of hydrogen-bond donors (Lipinski definition) is 1. The number of nitrogens with zero attached hydrogens (tertiary/aromatic N) is 2. The SMILES string of the molecule is CCC(CC)CN(CC)C(CN)c1ccc(N(C)C)cc1. The molecular formula is C18H33N3. The predicted molar refractivity (Wildman–Crippen MR) is 93.9 cm³/mol. The Morgan fingerprint density at radius 3 is 1.95 bits per heavy atom. The van der Waals surface area contributed by atoms with Gasteiger partial charge in [0.1, 0.15) is 0 Å². The van der Waals surface area contributed by atoms with Gasteiger partial charge in [-0.15, -0.1) is 0 Å². The Labute approximate surface area is 131 Å². The second kappa shape index (κ2) is 9.06. The maximum absolute atomic E-state index is 6.09. The summed E-state index contributed by atoms with van der Waals surface area (Å²) in [6, 6.07) is 9.14. The molecule has 1 aromatic carbocycles. The summed E-state index contributed by atoms with van der Waals surface area (Å²) in [5.41, 5.74) is 8.65. The second-order valence-corrected chi connectivity index (χ2v) is 6.01. The molecule has 0 bridgehead atoms. The van der Waals surface area contributed by atoms with Gasteiger partial charge in [0.2, 0.25) is 0 Å². The Morgan fingerprint density at radius 2 is 1.57 bits per heavy atom. The smallest absolute Gasteiger partial charge is 0.0470 e. The van der Waals surface area contributed by atoms with Crippen LogP contribution >= 0.6 is 0 Å². The molecule has 1 atom stereocenters. The summed E-state index contributed by atoms with van der Waals surface area (Å²) in [5, 5.41) is 0. The van der Waals surface area contributed by atoms with Crippen molar-refractivity contribution in [2.45, 2.75) is 39.7 Å². The minimum atomic E-state index is 0.326. The van der Waals surface area contributed by atoms with Crippen molar-refractivity contribution in [3.8, 4) is 0 Å². The fraction of sp³-hybridized carbons (Fsp3) is 0.667. The summed E-state index contributed by atoms with van der Waals surface area (Å²) >= 11 is 0. The van der Waals surface area contributed by atoms with Gasteiger partial charge in [0.15, 0.2) is 0 Å². The molecule has 0 radical (unpaired) electrons. The Kier molecular flexibility index (Phi) is 7.76. The van der Waals surface area contributed by atoms with E-state index in [-0.39, 0.29) is 0 Å². The lowest BCUT2D eigenvalue weighted by Crippen LogP contribution is -2.37. The zero-order valence-electron chi connectivity index (χ0n) is 14.5. The van der Waals surface area contributed by atoms with Gasteiger partial charge in [-0.05, 0) is 30.2 Å². The molecule has 2 N–H and O–H groups in total. The molecule has 21 heavy (non-hydrogen) atoms. The minimum absolute atomic E-state index is 0.326. The van der Waals surface area contributed by atoms with Gasteiger partial charge in [-0.3, -0.25) is 4.90 Å². The van der Waals surface area contributed by atoms with Crippen molar-refractivity contribution >= 4 is 5.69 Å². The monoisotopic (exact) mass is 291 g/mol. The number of likely N-dealkylation sites (N-methyl/N-ethyl adjacent to an activating group) is 1. The molecule has 0 amide bonds. The van der Waals surface area contributed by atoms with Crippen LogP contribution in [0.25, 0.3) is 0 Å². The minimum Gasteiger partial charge on any atom is -0.378 e. The lowest BCUT2D eigenvalue weighted by molar-refractivity contribution is 0.174. The molecule has 0 saturated carbocycles. The molecule has 0 aliphatic rings. The topological polar surface area (TPSA) is 32.5 Å². The molecule has 1 unspecified atom stereocenters. The Bertz CT molecular complexity index is 382. The quantitative estimate of drug-likeness (QED) is 0.755. The summed E-state index contributed by atoms with van der Waals surface area (Å²) in [6.07, 6.45) is 2.48. The molecule has 0 spiro atoms. The fourth-order valence-electron chi connectivity index (χ4n) is 2.85. The first-order valence-corrected chi connectivity index (χ1v) is 8.28. The van der Waals surface area contributed by atoms with Crippen LogP contribution in [-0.2, 0) is 0 Å². The standard InChI is InChI=1S/C18H33N3/c1-6-15(7-2)14-21(8-3)18(13-19)16-9-11-17(12-10-16)20(4)5/h9-12,15,18H,6-8,13-14,19H2,1-5H3. The highest BCUT2D eigenvalue weighted by Gasteiger charge is 2.20. The average molecular weight is 291 g/mol. The summed E-state index contributed by atoms with van der Waals surface area (Å²) in [4.78, 5) is 4.66. The number of anilines is 1. The Morgan fingerprint density at radius 1 is 1.00 bits per heavy atom. The van der Waals surface area contributed by atoms with Crippen molar-refractivity contribution in [1.29, 1.82) is 0 Å². The molecular weight excluding hydrogens is 258 g/mol. The molecule has 0 fully saturated rings. The van der Waals surface area contributed by atoms with E-state index in [1.54, 1.807) is 0 Å². The van der Waals surface area contributed by atoms with Crippen LogP contribution in [0.15, 0.2) is 24.3 Å². The first kappa shape index (κ1) is 18.0. The van der Waals surface area contributed by atoms with Crippen molar-refractivity contribution < 1.29 is 0 Å². The molecule has 1 aromatic rings. The van der Waals surface area contributed by atoms with Gasteiger partial charge in [0.25, 0.3) is 0 Å². The van der Waals surface area contributed by atoms with Crippen molar-refractivity contribution in [1.82, 2.24) is 4.90 Å². The van der Waals surface area contributed by atoms with E-state index in [9.17, 15) is 0 Å². The average Bonchev–Trinajstić information content (AvgIpc) is 2.51. The van der Waals surface area contributed by atoms with E-state index < -0.39 is 0 Å². The van der Waals surface area contributed by atoms with E-state index in [0.29, 0.717) is 12.6 Å². The third-order valence-corrected chi connectivity index (χ3v) is 4.51. The molecule has 3 nitrogen and oxygen atoms in total. The van der Waals surface area contributed by atoms with Gasteiger partial charge in [0, 0.05) is 38.9 Å². The normalized spacial score (nSPS) is 13.0. The highest BCUT2D eigenvalue weighted by molar-refractivity contribution is 5.46. The van der Waals surface area contributed by atoms with Crippen LogP contribution in [-0.4, -0.2) is 38.6 Å². The first-order valence-electron chi connectivity index (χ1n) is 8.28. The van der Waals surface area contributed by atoms with E-state index in [1.807, 2.05) is 0 Å². The van der Waals surface area contributed by atoms with Crippen LogP contribution in [0.3, 0.4) is 0 Å². The van der Waals surface area contributed by atoms with Crippen LogP contribution in [0, 0.1) is 5.92 Å². The summed E-state index contributed by atoms with van der Waals surface area (Å²) < 4.78 is 0. The van der Waals surface area contributed by atoms with Crippen LogP contribution in [0.1, 0.15) is 45.2 Å². The maximum atomic E-state index is 6.09. The summed E-state index contributed by atoms with van der Waals surface area (Å²) in [7, 11) is 4.14. The third-order valence-electron chi connectivity index (χ3n) is 4.51. The largest absolute Gasteiger partial charge is 0.378 e. The Balaban J connectivity index is 2.87.